The lowest BCUT2D eigenvalue weighted by molar-refractivity contribution is -0.140. The Labute approximate surface area is 144 Å². The van der Waals surface area contributed by atoms with Crippen LogP contribution in [-0.4, -0.2) is 56.3 Å². The van der Waals surface area contributed by atoms with Gasteiger partial charge in [0.05, 0.1) is 18.3 Å². The van der Waals surface area contributed by atoms with Crippen LogP contribution in [0.15, 0.2) is 24.3 Å². The Morgan fingerprint density at radius 2 is 1.92 bits per heavy atom. The molecule has 0 atom stereocenters. The average molecular weight is 332 g/mol. The van der Waals surface area contributed by atoms with Gasteiger partial charge >= 0.3 is 0 Å². The summed E-state index contributed by atoms with van der Waals surface area (Å²) in [5, 5.41) is 0. The monoisotopic (exact) mass is 332 g/mol. The first-order valence-electron chi connectivity index (χ1n) is 8.80. The topological polar surface area (TPSA) is 42.0 Å². The minimum atomic E-state index is -0.131. The summed E-state index contributed by atoms with van der Waals surface area (Å²) in [6.07, 6.45) is 1.71. The Balaban J connectivity index is 1.73. The maximum Gasteiger partial charge on any atom is 0.225 e. The molecule has 24 heavy (non-hydrogen) atoms. The highest BCUT2D eigenvalue weighted by molar-refractivity contribution is 5.79. The Morgan fingerprint density at radius 1 is 1.21 bits per heavy atom. The first kappa shape index (κ1) is 17.1. The van der Waals surface area contributed by atoms with Crippen LogP contribution in [0.25, 0.3) is 0 Å². The van der Waals surface area contributed by atoms with E-state index in [1.165, 1.54) is 0 Å². The quantitative estimate of drug-likeness (QED) is 0.853. The molecule has 2 heterocycles. The summed E-state index contributed by atoms with van der Waals surface area (Å²) in [6.45, 7) is 8.13. The summed E-state index contributed by atoms with van der Waals surface area (Å²) < 4.78 is 10.9. The van der Waals surface area contributed by atoms with Gasteiger partial charge in [0.25, 0.3) is 0 Å². The summed E-state index contributed by atoms with van der Waals surface area (Å²) >= 11 is 0. The van der Waals surface area contributed by atoms with Crippen molar-refractivity contribution in [2.24, 2.45) is 5.92 Å². The highest BCUT2D eigenvalue weighted by Crippen LogP contribution is 2.35. The van der Waals surface area contributed by atoms with Gasteiger partial charge in [-0.2, -0.15) is 0 Å². The highest BCUT2D eigenvalue weighted by atomic mass is 16.5. The zero-order chi connectivity index (χ0) is 17.2. The van der Waals surface area contributed by atoms with Crippen molar-refractivity contribution in [1.29, 1.82) is 0 Å². The van der Waals surface area contributed by atoms with Crippen LogP contribution in [0.1, 0.15) is 26.7 Å². The van der Waals surface area contributed by atoms with Gasteiger partial charge in [0.2, 0.25) is 5.91 Å². The second-order valence-electron chi connectivity index (χ2n) is 7.28. The van der Waals surface area contributed by atoms with Crippen molar-refractivity contribution >= 4 is 11.6 Å². The summed E-state index contributed by atoms with van der Waals surface area (Å²) in [4.78, 5) is 17.2. The smallest absolute Gasteiger partial charge is 0.225 e. The molecule has 1 amide bonds. The standard InChI is InChI=1S/C19H28N2O3/c1-19(2)14-20(18(22)15-8-12-24-13-9-15)10-11-21(19)16-6-4-5-7-17(16)23-3/h4-7,15H,8-14H2,1-3H3. The van der Waals surface area contributed by atoms with Crippen molar-refractivity contribution in [2.45, 2.75) is 32.2 Å². The van der Waals surface area contributed by atoms with Crippen molar-refractivity contribution in [3.63, 3.8) is 0 Å². The lowest BCUT2D eigenvalue weighted by atomic mass is 9.93. The van der Waals surface area contributed by atoms with Crippen LogP contribution in [0, 0.1) is 5.92 Å². The van der Waals surface area contributed by atoms with Crippen LogP contribution in [-0.2, 0) is 9.53 Å². The second-order valence-corrected chi connectivity index (χ2v) is 7.28. The van der Waals surface area contributed by atoms with Crippen LogP contribution in [0.2, 0.25) is 0 Å². The Kier molecular flexibility index (Phi) is 4.99. The molecule has 2 aliphatic rings. The van der Waals surface area contributed by atoms with E-state index < -0.39 is 0 Å². The van der Waals surface area contributed by atoms with Gasteiger partial charge in [-0.1, -0.05) is 12.1 Å². The van der Waals surface area contributed by atoms with Gasteiger partial charge in [-0.15, -0.1) is 0 Å². The van der Waals surface area contributed by atoms with Crippen LogP contribution < -0.4 is 9.64 Å². The van der Waals surface area contributed by atoms with E-state index in [9.17, 15) is 4.79 Å². The zero-order valence-corrected chi connectivity index (χ0v) is 15.0. The van der Waals surface area contributed by atoms with E-state index in [0.717, 1.165) is 43.9 Å². The number of anilines is 1. The molecule has 0 aromatic heterocycles. The van der Waals surface area contributed by atoms with E-state index in [2.05, 4.69) is 24.8 Å². The summed E-state index contributed by atoms with van der Waals surface area (Å²) in [5.41, 5.74) is 0.969. The molecule has 1 aromatic carbocycles. The third-order valence-electron chi connectivity index (χ3n) is 5.16. The molecule has 2 saturated heterocycles. The SMILES string of the molecule is COc1ccccc1N1CCN(C(=O)C2CCOCC2)CC1(C)C. The highest BCUT2D eigenvalue weighted by Gasteiger charge is 2.38. The normalized spacial score (nSPS) is 21.6. The van der Waals surface area contributed by atoms with Crippen molar-refractivity contribution in [2.75, 3.05) is 44.9 Å². The third kappa shape index (κ3) is 3.36. The maximum absolute atomic E-state index is 12.8. The number of rotatable bonds is 3. The van der Waals surface area contributed by atoms with Gasteiger partial charge in [-0.25, -0.2) is 0 Å². The second kappa shape index (κ2) is 7.01. The summed E-state index contributed by atoms with van der Waals surface area (Å²) in [7, 11) is 1.71. The van der Waals surface area contributed by atoms with Gasteiger partial charge in [0.15, 0.2) is 0 Å². The Bertz CT molecular complexity index is 582. The lowest BCUT2D eigenvalue weighted by Crippen LogP contribution is -2.61. The predicted molar refractivity (Wildman–Crippen MR) is 94.5 cm³/mol. The Hall–Kier alpha value is -1.75. The molecule has 0 saturated carbocycles. The average Bonchev–Trinajstić information content (AvgIpc) is 2.61. The molecular weight excluding hydrogens is 304 g/mol. The number of ether oxygens (including phenoxy) is 2. The molecule has 0 unspecified atom stereocenters. The van der Waals surface area contributed by atoms with Crippen LogP contribution in [0.3, 0.4) is 0 Å². The number of methoxy groups -OCH3 is 1. The molecule has 2 fully saturated rings. The number of piperazine rings is 1. The van der Waals surface area contributed by atoms with Gasteiger partial charge in [-0.05, 0) is 38.8 Å². The molecule has 0 spiro atoms. The Morgan fingerprint density at radius 3 is 2.58 bits per heavy atom. The number of carbonyl (C=O) groups excluding carboxylic acids is 1. The summed E-state index contributed by atoms with van der Waals surface area (Å²) in [6, 6.07) is 8.11. The molecule has 3 rings (SSSR count). The molecule has 1 aromatic rings. The molecule has 0 bridgehead atoms. The predicted octanol–water partition coefficient (Wildman–Crippen LogP) is 2.55. The van der Waals surface area contributed by atoms with Crippen LogP contribution in [0.4, 0.5) is 5.69 Å². The fraction of sp³-hybridized carbons (Fsp3) is 0.632. The van der Waals surface area contributed by atoms with Crippen molar-refractivity contribution in [3.05, 3.63) is 24.3 Å². The van der Waals surface area contributed by atoms with Crippen molar-refractivity contribution in [1.82, 2.24) is 4.90 Å². The lowest BCUT2D eigenvalue weighted by Gasteiger charge is -2.49. The molecule has 0 aliphatic carbocycles. The van der Waals surface area contributed by atoms with Crippen molar-refractivity contribution < 1.29 is 14.3 Å². The van der Waals surface area contributed by atoms with Gasteiger partial charge in [-0.3, -0.25) is 4.79 Å². The summed E-state index contributed by atoms with van der Waals surface area (Å²) in [5.74, 6) is 1.31. The number of hydrogen-bond acceptors (Lipinski definition) is 4. The van der Waals surface area contributed by atoms with E-state index >= 15 is 0 Å². The van der Waals surface area contributed by atoms with Gasteiger partial charge in [0, 0.05) is 38.8 Å². The number of nitrogens with zero attached hydrogens (tertiary/aromatic N) is 2. The molecule has 5 nitrogen and oxygen atoms in total. The van der Waals surface area contributed by atoms with Gasteiger partial charge in [0.1, 0.15) is 5.75 Å². The largest absolute Gasteiger partial charge is 0.495 e. The number of benzene rings is 1. The van der Waals surface area contributed by atoms with Gasteiger partial charge < -0.3 is 19.3 Å². The molecule has 0 N–H and O–H groups in total. The van der Waals surface area contributed by atoms with E-state index in [0.29, 0.717) is 19.1 Å². The van der Waals surface area contributed by atoms with Crippen LogP contribution >= 0.6 is 0 Å². The van der Waals surface area contributed by atoms with E-state index in [4.69, 9.17) is 9.47 Å². The number of para-hydroxylation sites is 2. The minimum Gasteiger partial charge on any atom is -0.495 e. The number of carbonyl (C=O) groups is 1. The maximum atomic E-state index is 12.8. The van der Waals surface area contributed by atoms with E-state index in [-0.39, 0.29) is 11.5 Å². The van der Waals surface area contributed by atoms with Crippen LogP contribution in [0.5, 0.6) is 5.75 Å². The zero-order valence-electron chi connectivity index (χ0n) is 15.0. The molecule has 132 valence electrons. The molecule has 0 radical (unpaired) electrons. The fourth-order valence-corrected chi connectivity index (χ4v) is 3.84. The van der Waals surface area contributed by atoms with E-state index in [1.807, 2.05) is 23.1 Å². The minimum absolute atomic E-state index is 0.131. The fourth-order valence-electron chi connectivity index (χ4n) is 3.84. The molecular formula is C19H28N2O3. The van der Waals surface area contributed by atoms with Crippen molar-refractivity contribution in [3.8, 4) is 5.75 Å². The van der Waals surface area contributed by atoms with E-state index in [1.54, 1.807) is 7.11 Å². The molecule has 2 aliphatic heterocycles. The first-order valence-corrected chi connectivity index (χ1v) is 8.80. The molecule has 5 heteroatoms. The number of hydrogen-bond donors (Lipinski definition) is 0. The first-order chi connectivity index (χ1) is 11.5. The third-order valence-corrected chi connectivity index (χ3v) is 5.16. The number of amides is 1.